The molecule has 3 heterocycles. The van der Waals surface area contributed by atoms with Crippen molar-refractivity contribution < 1.29 is 5.11 Å². The molecular weight excluding hydrogens is 404 g/mol. The molecule has 1 saturated heterocycles. The molecule has 0 radical (unpaired) electrons. The highest BCUT2D eigenvalue weighted by Gasteiger charge is 2.16. The van der Waals surface area contributed by atoms with Gasteiger partial charge in [0.2, 0.25) is 5.95 Å². The van der Waals surface area contributed by atoms with E-state index in [-0.39, 0.29) is 24.2 Å². The van der Waals surface area contributed by atoms with Crippen LogP contribution in [0.5, 0.6) is 0 Å². The molecule has 2 aromatic heterocycles. The molecule has 1 aliphatic heterocycles. The molecule has 170 valence electrons. The number of pyridine rings is 1. The van der Waals surface area contributed by atoms with Gasteiger partial charge < -0.3 is 20.7 Å². The lowest BCUT2D eigenvalue weighted by Gasteiger charge is -2.18. The number of aromatic nitrogens is 3. The molecule has 4 rings (SSSR count). The number of anilines is 2. The molecule has 8 nitrogen and oxygen atoms in total. The van der Waals surface area contributed by atoms with Gasteiger partial charge in [0, 0.05) is 12.7 Å². The van der Waals surface area contributed by atoms with E-state index in [1.54, 1.807) is 16.8 Å². The number of aliphatic hydroxyl groups excluding tert-OH is 1. The van der Waals surface area contributed by atoms with Gasteiger partial charge >= 0.3 is 0 Å². The van der Waals surface area contributed by atoms with Crippen LogP contribution in [-0.2, 0) is 13.1 Å². The number of nitrogen functional groups attached to an aromatic ring is 1. The van der Waals surface area contributed by atoms with E-state index >= 15 is 0 Å². The molecule has 1 aliphatic rings. The SMILES string of the molecule is CCC[C@@H](CO)Nc1nc(N)nc2ccn(Cc3ccc(CN4CCCC4)cc3)c(=O)c12. The van der Waals surface area contributed by atoms with E-state index < -0.39 is 0 Å². The van der Waals surface area contributed by atoms with Crippen LogP contribution in [0.1, 0.15) is 43.7 Å². The molecule has 1 aromatic carbocycles. The van der Waals surface area contributed by atoms with Crippen molar-refractivity contribution in [3.8, 4) is 0 Å². The fourth-order valence-corrected chi connectivity index (χ4v) is 4.32. The van der Waals surface area contributed by atoms with Crippen LogP contribution >= 0.6 is 0 Å². The maximum Gasteiger partial charge on any atom is 0.264 e. The topological polar surface area (TPSA) is 109 Å². The van der Waals surface area contributed by atoms with Crippen molar-refractivity contribution >= 4 is 22.7 Å². The minimum absolute atomic E-state index is 0.0515. The Morgan fingerprint density at radius 1 is 1.09 bits per heavy atom. The van der Waals surface area contributed by atoms with E-state index in [4.69, 9.17) is 5.73 Å². The largest absolute Gasteiger partial charge is 0.394 e. The van der Waals surface area contributed by atoms with Gasteiger partial charge in [0.15, 0.2) is 0 Å². The van der Waals surface area contributed by atoms with Gasteiger partial charge in [0.25, 0.3) is 5.56 Å². The summed E-state index contributed by atoms with van der Waals surface area (Å²) in [6.45, 7) is 5.78. The molecule has 0 bridgehead atoms. The van der Waals surface area contributed by atoms with E-state index in [1.165, 1.54) is 31.5 Å². The summed E-state index contributed by atoms with van der Waals surface area (Å²) in [5, 5.41) is 13.2. The molecule has 0 unspecified atom stereocenters. The van der Waals surface area contributed by atoms with Crippen LogP contribution in [0, 0.1) is 0 Å². The lowest BCUT2D eigenvalue weighted by atomic mass is 10.1. The van der Waals surface area contributed by atoms with Crippen molar-refractivity contribution in [3.05, 3.63) is 58.0 Å². The first-order valence-electron chi connectivity index (χ1n) is 11.4. The number of hydrogen-bond donors (Lipinski definition) is 3. The van der Waals surface area contributed by atoms with Gasteiger partial charge in [-0.1, -0.05) is 37.6 Å². The van der Waals surface area contributed by atoms with E-state index in [2.05, 4.69) is 44.5 Å². The Bertz CT molecular complexity index is 1110. The zero-order valence-electron chi connectivity index (χ0n) is 18.6. The summed E-state index contributed by atoms with van der Waals surface area (Å²) in [5.74, 6) is 0.472. The van der Waals surface area contributed by atoms with E-state index in [0.717, 1.165) is 24.9 Å². The Morgan fingerprint density at radius 2 is 1.78 bits per heavy atom. The van der Waals surface area contributed by atoms with Gasteiger partial charge in [-0.15, -0.1) is 0 Å². The van der Waals surface area contributed by atoms with Crippen molar-refractivity contribution in [1.82, 2.24) is 19.4 Å². The summed E-state index contributed by atoms with van der Waals surface area (Å²) >= 11 is 0. The van der Waals surface area contributed by atoms with Crippen molar-refractivity contribution in [1.29, 1.82) is 0 Å². The standard InChI is InChI=1S/C24H32N6O2/c1-2-5-19(16-31)26-22-21-20(27-24(25)28-22)10-13-30(23(21)32)15-18-8-6-17(7-9-18)14-29-11-3-4-12-29/h6-10,13,19,31H,2-5,11-12,14-16H2,1H3,(H3,25,26,27,28)/t19-/m0/s1. The summed E-state index contributed by atoms with van der Waals surface area (Å²) in [5.41, 5.74) is 8.53. The van der Waals surface area contributed by atoms with Crippen molar-refractivity contribution in [2.45, 2.75) is 51.7 Å². The lowest BCUT2D eigenvalue weighted by Crippen LogP contribution is -2.27. The highest BCUT2D eigenvalue weighted by molar-refractivity contribution is 5.89. The molecule has 4 N–H and O–H groups in total. The minimum Gasteiger partial charge on any atom is -0.394 e. The number of nitrogens with two attached hydrogens (primary N) is 1. The Morgan fingerprint density at radius 3 is 2.44 bits per heavy atom. The second kappa shape index (κ2) is 10.1. The third-order valence-electron chi connectivity index (χ3n) is 6.02. The lowest BCUT2D eigenvalue weighted by molar-refractivity contribution is 0.268. The highest BCUT2D eigenvalue weighted by atomic mass is 16.3. The number of aliphatic hydroxyl groups is 1. The van der Waals surface area contributed by atoms with Gasteiger partial charge in [-0.05, 0) is 49.5 Å². The molecule has 1 atom stereocenters. The third-order valence-corrected chi connectivity index (χ3v) is 6.02. The molecular formula is C24H32N6O2. The summed E-state index contributed by atoms with van der Waals surface area (Å²) in [7, 11) is 0. The second-order valence-corrected chi connectivity index (χ2v) is 8.55. The fourth-order valence-electron chi connectivity index (χ4n) is 4.32. The fraction of sp³-hybridized carbons (Fsp3) is 0.458. The predicted molar refractivity (Wildman–Crippen MR) is 128 cm³/mol. The second-order valence-electron chi connectivity index (χ2n) is 8.55. The average Bonchev–Trinajstić information content (AvgIpc) is 3.29. The first-order valence-corrected chi connectivity index (χ1v) is 11.4. The Labute approximate surface area is 188 Å². The number of benzene rings is 1. The van der Waals surface area contributed by atoms with Gasteiger partial charge in [0.05, 0.1) is 24.7 Å². The first-order chi connectivity index (χ1) is 15.6. The molecule has 0 saturated carbocycles. The van der Waals surface area contributed by atoms with E-state index in [1.807, 2.05) is 6.92 Å². The zero-order chi connectivity index (χ0) is 22.5. The Balaban J connectivity index is 1.59. The molecule has 32 heavy (non-hydrogen) atoms. The van der Waals surface area contributed by atoms with Crippen LogP contribution in [0.15, 0.2) is 41.3 Å². The maximum atomic E-state index is 13.3. The van der Waals surface area contributed by atoms with Crippen LogP contribution < -0.4 is 16.6 Å². The van der Waals surface area contributed by atoms with Crippen molar-refractivity contribution in [2.24, 2.45) is 0 Å². The van der Waals surface area contributed by atoms with Crippen LogP contribution in [0.4, 0.5) is 11.8 Å². The summed E-state index contributed by atoms with van der Waals surface area (Å²) < 4.78 is 1.66. The van der Waals surface area contributed by atoms with Gasteiger partial charge in [-0.3, -0.25) is 9.69 Å². The average molecular weight is 437 g/mol. The monoisotopic (exact) mass is 436 g/mol. The van der Waals surface area contributed by atoms with Crippen LogP contribution in [-0.4, -0.2) is 50.3 Å². The van der Waals surface area contributed by atoms with Crippen molar-refractivity contribution in [3.63, 3.8) is 0 Å². The normalized spacial score (nSPS) is 15.3. The number of nitrogens with one attached hydrogen (secondary N) is 1. The van der Waals surface area contributed by atoms with Crippen molar-refractivity contribution in [2.75, 3.05) is 30.7 Å². The number of likely N-dealkylation sites (tertiary alicyclic amines) is 1. The van der Waals surface area contributed by atoms with Gasteiger partial charge in [0.1, 0.15) is 11.2 Å². The number of nitrogens with zero attached hydrogens (tertiary/aromatic N) is 4. The molecule has 1 fully saturated rings. The van der Waals surface area contributed by atoms with Crippen LogP contribution in [0.25, 0.3) is 10.9 Å². The van der Waals surface area contributed by atoms with E-state index in [0.29, 0.717) is 23.3 Å². The quantitative estimate of drug-likeness (QED) is 0.473. The third kappa shape index (κ3) is 5.08. The Kier molecular flexibility index (Phi) is 7.02. The Hall–Kier alpha value is -2.97. The molecule has 0 aliphatic carbocycles. The summed E-state index contributed by atoms with van der Waals surface area (Å²) in [6.07, 6.45) is 5.97. The molecule has 3 aromatic rings. The number of rotatable bonds is 9. The smallest absolute Gasteiger partial charge is 0.264 e. The van der Waals surface area contributed by atoms with E-state index in [9.17, 15) is 9.90 Å². The van der Waals surface area contributed by atoms with Gasteiger partial charge in [-0.25, -0.2) is 4.98 Å². The maximum absolute atomic E-state index is 13.3. The summed E-state index contributed by atoms with van der Waals surface area (Å²) in [6, 6.07) is 10.1. The molecule has 8 heteroatoms. The minimum atomic E-state index is -0.200. The van der Waals surface area contributed by atoms with Crippen LogP contribution in [0.2, 0.25) is 0 Å². The summed E-state index contributed by atoms with van der Waals surface area (Å²) in [4.78, 5) is 24.3. The predicted octanol–water partition coefficient (Wildman–Crippen LogP) is 2.59. The number of hydrogen-bond acceptors (Lipinski definition) is 7. The number of fused-ring (bicyclic) bond motifs is 1. The molecule has 0 spiro atoms. The van der Waals surface area contributed by atoms with Gasteiger partial charge in [-0.2, -0.15) is 4.98 Å². The zero-order valence-corrected chi connectivity index (χ0v) is 18.6. The molecule has 0 amide bonds. The highest BCUT2D eigenvalue weighted by Crippen LogP contribution is 2.20. The first kappa shape index (κ1) is 22.2. The van der Waals surface area contributed by atoms with Crippen LogP contribution in [0.3, 0.4) is 0 Å².